The number of nitrogens with one attached hydrogen (secondary N) is 1. The van der Waals surface area contributed by atoms with Crippen LogP contribution in [0.2, 0.25) is 0 Å². The van der Waals surface area contributed by atoms with Crippen molar-refractivity contribution in [2.75, 3.05) is 7.11 Å². The Bertz CT molecular complexity index is 1330. The molecule has 5 rings (SSSR count). The number of H-pyrrole nitrogens is 1. The first kappa shape index (κ1) is 17.8. The van der Waals surface area contributed by atoms with Crippen molar-refractivity contribution in [3.05, 3.63) is 89.3 Å². The van der Waals surface area contributed by atoms with Gasteiger partial charge in [0.25, 0.3) is 0 Å². The maximum Gasteiger partial charge on any atom is 0.244 e. The van der Waals surface area contributed by atoms with Crippen LogP contribution in [0, 0.1) is 11.3 Å². The lowest BCUT2D eigenvalue weighted by atomic mass is 9.82. The summed E-state index contributed by atoms with van der Waals surface area (Å²) in [6.45, 7) is 0. The molecule has 0 fully saturated rings. The SMILES string of the molecule is COc1ccc(-c2[nH]nc3c2C(c2ccc4ccccc4c2)C(C#N)=C(N)O3)cc1. The highest BCUT2D eigenvalue weighted by Gasteiger charge is 2.35. The number of nitrogens with two attached hydrogens (primary N) is 1. The number of benzene rings is 3. The van der Waals surface area contributed by atoms with E-state index in [4.69, 9.17) is 15.2 Å². The summed E-state index contributed by atoms with van der Waals surface area (Å²) in [5.74, 6) is 0.835. The van der Waals surface area contributed by atoms with E-state index in [9.17, 15) is 5.26 Å². The van der Waals surface area contributed by atoms with E-state index in [2.05, 4.69) is 40.5 Å². The lowest BCUT2D eigenvalue weighted by Crippen LogP contribution is -2.21. The molecule has 0 bridgehead atoms. The number of aromatic amines is 1. The molecule has 1 aliphatic rings. The van der Waals surface area contributed by atoms with Gasteiger partial charge < -0.3 is 15.2 Å². The van der Waals surface area contributed by atoms with E-state index in [0.717, 1.165) is 38.9 Å². The number of ether oxygens (including phenoxy) is 2. The van der Waals surface area contributed by atoms with Crippen LogP contribution in [0.1, 0.15) is 17.0 Å². The molecule has 3 N–H and O–H groups in total. The number of allylic oxidation sites excluding steroid dienone is 1. The average molecular weight is 394 g/mol. The third kappa shape index (κ3) is 2.76. The van der Waals surface area contributed by atoms with Gasteiger partial charge in [-0.2, -0.15) is 5.26 Å². The fourth-order valence-corrected chi connectivity index (χ4v) is 3.94. The minimum absolute atomic E-state index is 0.0796. The molecule has 0 aliphatic carbocycles. The van der Waals surface area contributed by atoms with E-state index in [-0.39, 0.29) is 11.8 Å². The third-order valence-electron chi connectivity index (χ3n) is 5.42. The van der Waals surface area contributed by atoms with Crippen LogP contribution in [0.15, 0.2) is 78.2 Å². The van der Waals surface area contributed by atoms with Crippen molar-refractivity contribution in [3.8, 4) is 29.0 Å². The number of nitriles is 1. The Labute approximate surface area is 173 Å². The summed E-state index contributed by atoms with van der Waals surface area (Å²) in [5.41, 5.74) is 9.91. The summed E-state index contributed by atoms with van der Waals surface area (Å²) in [5, 5.41) is 19.5. The summed E-state index contributed by atoms with van der Waals surface area (Å²) >= 11 is 0. The predicted molar refractivity (Wildman–Crippen MR) is 114 cm³/mol. The van der Waals surface area contributed by atoms with Crippen LogP contribution < -0.4 is 15.2 Å². The highest BCUT2D eigenvalue weighted by molar-refractivity contribution is 5.84. The normalized spacial score (nSPS) is 15.4. The molecule has 0 radical (unpaired) electrons. The largest absolute Gasteiger partial charge is 0.497 e. The van der Waals surface area contributed by atoms with Crippen LogP contribution in [0.3, 0.4) is 0 Å². The molecule has 0 spiro atoms. The number of fused-ring (bicyclic) bond motifs is 2. The first-order chi connectivity index (χ1) is 14.7. The minimum Gasteiger partial charge on any atom is -0.497 e. The smallest absolute Gasteiger partial charge is 0.244 e. The van der Waals surface area contributed by atoms with Crippen molar-refractivity contribution in [3.63, 3.8) is 0 Å². The van der Waals surface area contributed by atoms with Gasteiger partial charge in [0.2, 0.25) is 11.8 Å². The van der Waals surface area contributed by atoms with Gasteiger partial charge in [-0.05, 0) is 40.6 Å². The maximum atomic E-state index is 9.88. The second-order valence-electron chi connectivity index (χ2n) is 7.08. The number of aromatic nitrogens is 2. The fraction of sp³-hybridized carbons (Fsp3) is 0.0833. The Balaban J connectivity index is 1.71. The summed E-state index contributed by atoms with van der Waals surface area (Å²) in [7, 11) is 1.63. The van der Waals surface area contributed by atoms with Crippen LogP contribution in [0.5, 0.6) is 11.6 Å². The van der Waals surface area contributed by atoms with Gasteiger partial charge in [-0.1, -0.05) is 42.5 Å². The van der Waals surface area contributed by atoms with Crippen molar-refractivity contribution in [2.24, 2.45) is 5.73 Å². The molecule has 1 unspecified atom stereocenters. The summed E-state index contributed by atoms with van der Waals surface area (Å²) in [6.07, 6.45) is 0. The van der Waals surface area contributed by atoms with Gasteiger partial charge in [0.15, 0.2) is 0 Å². The first-order valence-electron chi connectivity index (χ1n) is 9.48. The second-order valence-corrected chi connectivity index (χ2v) is 7.08. The van der Waals surface area contributed by atoms with Gasteiger partial charge >= 0.3 is 0 Å². The van der Waals surface area contributed by atoms with Crippen LogP contribution in [-0.4, -0.2) is 17.3 Å². The molecular formula is C24H18N4O2. The molecule has 6 heteroatoms. The van der Waals surface area contributed by atoms with Crippen LogP contribution >= 0.6 is 0 Å². The lowest BCUT2D eigenvalue weighted by Gasteiger charge is -2.24. The van der Waals surface area contributed by atoms with Crippen LogP contribution in [-0.2, 0) is 0 Å². The molecule has 0 amide bonds. The Kier molecular flexibility index (Phi) is 4.15. The highest BCUT2D eigenvalue weighted by atomic mass is 16.5. The van der Waals surface area contributed by atoms with Gasteiger partial charge in [0.1, 0.15) is 17.4 Å². The number of hydrogen-bond acceptors (Lipinski definition) is 5. The highest BCUT2D eigenvalue weighted by Crippen LogP contribution is 2.46. The molecule has 30 heavy (non-hydrogen) atoms. The zero-order valence-corrected chi connectivity index (χ0v) is 16.2. The summed E-state index contributed by atoms with van der Waals surface area (Å²) < 4.78 is 11.0. The first-order valence-corrected chi connectivity index (χ1v) is 9.48. The van der Waals surface area contributed by atoms with Crippen LogP contribution in [0.4, 0.5) is 0 Å². The Morgan fingerprint density at radius 1 is 1.07 bits per heavy atom. The number of hydrogen-bond donors (Lipinski definition) is 2. The minimum atomic E-state index is -0.390. The summed E-state index contributed by atoms with van der Waals surface area (Å²) in [4.78, 5) is 0. The zero-order chi connectivity index (χ0) is 20.7. The zero-order valence-electron chi connectivity index (χ0n) is 16.2. The van der Waals surface area contributed by atoms with Crippen molar-refractivity contribution in [1.29, 1.82) is 5.26 Å². The van der Waals surface area contributed by atoms with Crippen LogP contribution in [0.25, 0.3) is 22.0 Å². The van der Waals surface area contributed by atoms with Crippen molar-refractivity contribution < 1.29 is 9.47 Å². The van der Waals surface area contributed by atoms with E-state index >= 15 is 0 Å². The quantitative estimate of drug-likeness (QED) is 0.535. The second kappa shape index (κ2) is 6.98. The molecule has 2 heterocycles. The number of nitrogens with zero attached hydrogens (tertiary/aromatic N) is 2. The lowest BCUT2D eigenvalue weighted by molar-refractivity contribution is 0.379. The topological polar surface area (TPSA) is 97.0 Å². The molecule has 4 aromatic rings. The number of rotatable bonds is 3. The molecule has 3 aromatic carbocycles. The third-order valence-corrected chi connectivity index (χ3v) is 5.42. The summed E-state index contributed by atoms with van der Waals surface area (Å²) in [6, 6.07) is 24.2. The monoisotopic (exact) mass is 394 g/mol. The molecular weight excluding hydrogens is 376 g/mol. The van der Waals surface area contributed by atoms with Crippen molar-refractivity contribution in [2.45, 2.75) is 5.92 Å². The van der Waals surface area contributed by atoms with E-state index < -0.39 is 0 Å². The Morgan fingerprint density at radius 3 is 2.57 bits per heavy atom. The fourth-order valence-electron chi connectivity index (χ4n) is 3.94. The van der Waals surface area contributed by atoms with E-state index in [1.807, 2.05) is 42.5 Å². The molecule has 1 aromatic heterocycles. The van der Waals surface area contributed by atoms with Crippen molar-refractivity contribution in [1.82, 2.24) is 10.2 Å². The van der Waals surface area contributed by atoms with E-state index in [1.54, 1.807) is 7.11 Å². The van der Waals surface area contributed by atoms with E-state index in [0.29, 0.717) is 11.5 Å². The van der Waals surface area contributed by atoms with Gasteiger partial charge in [0.05, 0.1) is 24.3 Å². The van der Waals surface area contributed by atoms with Gasteiger partial charge in [-0.25, -0.2) is 0 Å². The molecule has 1 aliphatic heterocycles. The van der Waals surface area contributed by atoms with E-state index in [1.165, 1.54) is 0 Å². The molecule has 6 nitrogen and oxygen atoms in total. The van der Waals surface area contributed by atoms with Gasteiger partial charge in [-0.15, -0.1) is 5.10 Å². The van der Waals surface area contributed by atoms with Crippen molar-refractivity contribution >= 4 is 10.8 Å². The molecule has 0 saturated heterocycles. The van der Waals surface area contributed by atoms with Gasteiger partial charge in [0, 0.05) is 5.56 Å². The molecule has 1 atom stereocenters. The average Bonchev–Trinajstić information content (AvgIpc) is 3.21. The molecule has 146 valence electrons. The van der Waals surface area contributed by atoms with Gasteiger partial charge in [-0.3, -0.25) is 5.10 Å². The predicted octanol–water partition coefficient (Wildman–Crippen LogP) is 4.46. The number of methoxy groups -OCH3 is 1. The standard InChI is InChI=1S/C24H18N4O2/c1-29-18-10-8-15(9-11-18)22-21-20(19(13-25)23(26)30-24(21)28-27-22)17-7-6-14-4-2-3-5-16(14)12-17/h2-12,20H,26H2,1H3,(H,27,28). The molecule has 0 saturated carbocycles. The maximum absolute atomic E-state index is 9.88. The Morgan fingerprint density at radius 2 is 1.83 bits per heavy atom. The Hall–Kier alpha value is -4.24.